The van der Waals surface area contributed by atoms with Gasteiger partial charge < -0.3 is 14.9 Å². The number of aliphatic hydroxyl groups excluding tert-OH is 1. The molecule has 0 heterocycles. The third kappa shape index (κ3) is 5.80. The van der Waals surface area contributed by atoms with Gasteiger partial charge in [0.25, 0.3) is 0 Å². The number of halogens is 2. The van der Waals surface area contributed by atoms with Gasteiger partial charge in [-0.3, -0.25) is 4.79 Å². The SMILES string of the molecule is O=C(OCC1c2ccccc2-c2ccccc21)C1CC[C@H](C(O)O)C[C@@H](C2=CCCC(F)(F)CCC2)C1. The molecule has 5 rings (SSSR count). The largest absolute Gasteiger partial charge is 0.464 e. The van der Waals surface area contributed by atoms with Crippen molar-refractivity contribution in [2.24, 2.45) is 17.8 Å². The third-order valence-electron chi connectivity index (χ3n) is 8.60. The molecule has 0 saturated heterocycles. The second-order valence-electron chi connectivity index (χ2n) is 11.0. The molecule has 0 radical (unpaired) electrons. The molecule has 1 saturated carbocycles. The number of hydrogen-bond donors (Lipinski definition) is 2. The molecule has 0 aliphatic heterocycles. The zero-order chi connectivity index (χ0) is 26.0. The Morgan fingerprint density at radius 2 is 1.65 bits per heavy atom. The lowest BCUT2D eigenvalue weighted by Gasteiger charge is -2.27. The number of allylic oxidation sites excluding steroid dienone is 2. The summed E-state index contributed by atoms with van der Waals surface area (Å²) in [4.78, 5) is 13.4. The number of hydrogen-bond acceptors (Lipinski definition) is 4. The molecule has 2 aromatic carbocycles. The molecule has 0 spiro atoms. The summed E-state index contributed by atoms with van der Waals surface area (Å²) in [5.74, 6) is -3.62. The standard InChI is InChI=1S/C31H36F2O4/c32-31(33)15-5-7-20(8-6-16-31)23-17-21(29(34)35)13-14-22(18-23)30(36)37-19-28-26-11-3-1-9-24(26)25-10-2-4-12-27(25)28/h1-4,7,9-12,21-23,28-29,34-35H,5-6,8,13-19H2/t21-,22?,23+/m0/s1. The van der Waals surface area contributed by atoms with Crippen molar-refractivity contribution in [1.82, 2.24) is 0 Å². The fraction of sp³-hybridized carbons (Fsp3) is 0.516. The average molecular weight is 511 g/mol. The highest BCUT2D eigenvalue weighted by Crippen LogP contribution is 2.45. The summed E-state index contributed by atoms with van der Waals surface area (Å²) < 4.78 is 33.7. The van der Waals surface area contributed by atoms with Gasteiger partial charge in [-0.15, -0.1) is 0 Å². The molecule has 2 N–H and O–H groups in total. The van der Waals surface area contributed by atoms with Crippen LogP contribution in [0.2, 0.25) is 0 Å². The predicted molar refractivity (Wildman–Crippen MR) is 138 cm³/mol. The zero-order valence-corrected chi connectivity index (χ0v) is 21.1. The van der Waals surface area contributed by atoms with Crippen molar-refractivity contribution in [3.8, 4) is 11.1 Å². The minimum Gasteiger partial charge on any atom is -0.464 e. The van der Waals surface area contributed by atoms with Gasteiger partial charge in [0.05, 0.1) is 5.92 Å². The van der Waals surface area contributed by atoms with Gasteiger partial charge in [0.1, 0.15) is 6.61 Å². The molecule has 2 aromatic rings. The second-order valence-corrected chi connectivity index (χ2v) is 11.0. The molecule has 0 aromatic heterocycles. The predicted octanol–water partition coefficient (Wildman–Crippen LogP) is 6.60. The van der Waals surface area contributed by atoms with Gasteiger partial charge >= 0.3 is 5.97 Å². The minimum atomic E-state index is -2.63. The summed E-state index contributed by atoms with van der Waals surface area (Å²) >= 11 is 0. The van der Waals surface area contributed by atoms with Crippen LogP contribution in [0.1, 0.15) is 74.8 Å². The average Bonchev–Trinajstić information content (AvgIpc) is 3.02. The van der Waals surface area contributed by atoms with Crippen LogP contribution in [0.3, 0.4) is 0 Å². The third-order valence-corrected chi connectivity index (χ3v) is 8.60. The lowest BCUT2D eigenvalue weighted by molar-refractivity contribution is -0.149. The van der Waals surface area contributed by atoms with E-state index in [0.29, 0.717) is 44.9 Å². The maximum Gasteiger partial charge on any atom is 0.308 e. The number of esters is 1. The summed E-state index contributed by atoms with van der Waals surface area (Å²) in [6.07, 6.45) is 3.60. The highest BCUT2D eigenvalue weighted by atomic mass is 19.3. The number of benzene rings is 2. The first-order chi connectivity index (χ1) is 17.8. The van der Waals surface area contributed by atoms with E-state index < -0.39 is 12.2 Å². The van der Waals surface area contributed by atoms with Gasteiger partial charge in [-0.05, 0) is 73.1 Å². The second kappa shape index (κ2) is 11.0. The Hall–Kier alpha value is -2.57. The molecular weight excluding hydrogens is 474 g/mol. The highest BCUT2D eigenvalue weighted by molar-refractivity contribution is 5.79. The number of carbonyl (C=O) groups excluding carboxylic acids is 1. The van der Waals surface area contributed by atoms with Crippen LogP contribution in [0, 0.1) is 17.8 Å². The van der Waals surface area contributed by atoms with E-state index in [2.05, 4.69) is 24.3 Å². The van der Waals surface area contributed by atoms with E-state index in [0.717, 1.165) is 16.7 Å². The number of carbonyl (C=O) groups is 1. The maximum atomic E-state index is 13.9. The lowest BCUT2D eigenvalue weighted by Crippen LogP contribution is -2.24. The van der Waals surface area contributed by atoms with Crippen LogP contribution in [-0.2, 0) is 9.53 Å². The first-order valence-electron chi connectivity index (χ1n) is 13.6. The van der Waals surface area contributed by atoms with Gasteiger partial charge in [-0.2, -0.15) is 0 Å². The van der Waals surface area contributed by atoms with Gasteiger partial charge in [-0.25, -0.2) is 8.78 Å². The van der Waals surface area contributed by atoms with Crippen molar-refractivity contribution in [3.63, 3.8) is 0 Å². The minimum absolute atomic E-state index is 0.0140. The lowest BCUT2D eigenvalue weighted by atomic mass is 9.81. The van der Waals surface area contributed by atoms with Crippen LogP contribution in [0.15, 0.2) is 60.2 Å². The van der Waals surface area contributed by atoms with E-state index in [1.165, 1.54) is 11.1 Å². The molecule has 37 heavy (non-hydrogen) atoms. The van der Waals surface area contributed by atoms with Crippen LogP contribution >= 0.6 is 0 Å². The Kier molecular flexibility index (Phi) is 7.77. The van der Waals surface area contributed by atoms with Gasteiger partial charge in [-0.1, -0.05) is 60.2 Å². The molecule has 0 amide bonds. The molecule has 3 atom stereocenters. The van der Waals surface area contributed by atoms with E-state index in [1.807, 2.05) is 30.3 Å². The first-order valence-corrected chi connectivity index (χ1v) is 13.6. The van der Waals surface area contributed by atoms with Crippen molar-refractivity contribution >= 4 is 5.97 Å². The summed E-state index contributed by atoms with van der Waals surface area (Å²) in [5, 5.41) is 19.9. The molecule has 198 valence electrons. The van der Waals surface area contributed by atoms with E-state index in [1.54, 1.807) is 0 Å². The van der Waals surface area contributed by atoms with Crippen molar-refractivity contribution < 1.29 is 28.5 Å². The van der Waals surface area contributed by atoms with Crippen molar-refractivity contribution in [3.05, 3.63) is 71.3 Å². The highest BCUT2D eigenvalue weighted by Gasteiger charge is 2.37. The fourth-order valence-corrected chi connectivity index (χ4v) is 6.58. The number of alkyl halides is 2. The van der Waals surface area contributed by atoms with Crippen LogP contribution in [0.4, 0.5) is 8.78 Å². The molecule has 6 heteroatoms. The summed E-state index contributed by atoms with van der Waals surface area (Å²) in [5.41, 5.74) is 5.76. The van der Waals surface area contributed by atoms with Crippen molar-refractivity contribution in [2.75, 3.05) is 6.61 Å². The van der Waals surface area contributed by atoms with Crippen LogP contribution in [0.25, 0.3) is 11.1 Å². The number of ether oxygens (including phenoxy) is 1. The molecule has 0 bridgehead atoms. The summed E-state index contributed by atoms with van der Waals surface area (Å²) in [7, 11) is 0. The monoisotopic (exact) mass is 510 g/mol. The number of rotatable bonds is 5. The summed E-state index contributed by atoms with van der Waals surface area (Å²) in [6, 6.07) is 16.4. The van der Waals surface area contributed by atoms with E-state index >= 15 is 0 Å². The normalized spacial score (nSPS) is 25.9. The van der Waals surface area contributed by atoms with Crippen LogP contribution in [0.5, 0.6) is 0 Å². The number of aliphatic hydroxyl groups is 2. The van der Waals surface area contributed by atoms with Gasteiger partial charge in [0.15, 0.2) is 6.29 Å². The smallest absolute Gasteiger partial charge is 0.308 e. The topological polar surface area (TPSA) is 66.8 Å². The Balaban J connectivity index is 1.30. The van der Waals surface area contributed by atoms with E-state index in [-0.39, 0.29) is 49.1 Å². The Morgan fingerprint density at radius 1 is 0.973 bits per heavy atom. The summed E-state index contributed by atoms with van der Waals surface area (Å²) in [6.45, 7) is 0.262. The fourth-order valence-electron chi connectivity index (χ4n) is 6.58. The molecular formula is C31H36F2O4. The van der Waals surface area contributed by atoms with E-state index in [4.69, 9.17) is 4.74 Å². The quantitative estimate of drug-likeness (QED) is 0.206. The molecule has 1 fully saturated rings. The Bertz CT molecular complexity index is 1100. The Morgan fingerprint density at radius 3 is 2.32 bits per heavy atom. The van der Waals surface area contributed by atoms with Crippen molar-refractivity contribution in [2.45, 2.75) is 75.9 Å². The van der Waals surface area contributed by atoms with Crippen LogP contribution < -0.4 is 0 Å². The Labute approximate surface area is 217 Å². The molecule has 3 aliphatic carbocycles. The molecule has 3 aliphatic rings. The van der Waals surface area contributed by atoms with Crippen molar-refractivity contribution in [1.29, 1.82) is 0 Å². The molecule has 4 nitrogen and oxygen atoms in total. The van der Waals surface area contributed by atoms with Crippen LogP contribution in [-0.4, -0.2) is 35.0 Å². The molecule has 1 unspecified atom stereocenters. The first kappa shape index (κ1) is 26.1. The maximum absolute atomic E-state index is 13.9. The number of fused-ring (bicyclic) bond motifs is 3. The van der Waals surface area contributed by atoms with E-state index in [9.17, 15) is 23.8 Å². The van der Waals surface area contributed by atoms with Gasteiger partial charge in [0.2, 0.25) is 5.92 Å². The zero-order valence-electron chi connectivity index (χ0n) is 21.1. The van der Waals surface area contributed by atoms with Gasteiger partial charge in [0, 0.05) is 24.7 Å².